The third kappa shape index (κ3) is 8.06. The molecule has 65 heavy (non-hydrogen) atoms. The van der Waals surface area contributed by atoms with Crippen LogP contribution in [0.3, 0.4) is 0 Å². The first kappa shape index (κ1) is 39.1. The van der Waals surface area contributed by atoms with Crippen molar-refractivity contribution in [3.05, 3.63) is 224 Å². The molecule has 7 nitrogen and oxygen atoms in total. The van der Waals surface area contributed by atoms with E-state index < -0.39 is 0 Å². The van der Waals surface area contributed by atoms with Gasteiger partial charge in [-0.15, -0.1) is 0 Å². The molecule has 11 rings (SSSR count). The van der Waals surface area contributed by atoms with E-state index in [0.29, 0.717) is 34.9 Å². The maximum absolute atomic E-state index is 5.26. The fourth-order valence-electron chi connectivity index (χ4n) is 8.26. The monoisotopic (exact) mass is 833 g/mol. The van der Waals surface area contributed by atoms with Gasteiger partial charge in [-0.3, -0.25) is 4.98 Å². The smallest absolute Gasteiger partial charge is 0.164 e. The largest absolute Gasteiger partial charge is 0.253 e. The third-order valence-electron chi connectivity index (χ3n) is 11.4. The summed E-state index contributed by atoms with van der Waals surface area (Å²) in [6.45, 7) is 2.02. The lowest BCUT2D eigenvalue weighted by Crippen LogP contribution is -2.01. The van der Waals surface area contributed by atoms with Gasteiger partial charge in [0.1, 0.15) is 0 Å². The summed E-state index contributed by atoms with van der Waals surface area (Å²) in [5.74, 6) is 3.62. The number of fused-ring (bicyclic) bond motifs is 1. The van der Waals surface area contributed by atoms with E-state index >= 15 is 0 Å². The summed E-state index contributed by atoms with van der Waals surface area (Å²) in [6, 6.07) is 74.4. The molecule has 3 heterocycles. The van der Waals surface area contributed by atoms with Crippen molar-refractivity contribution in [2.75, 3.05) is 0 Å². The highest BCUT2D eigenvalue weighted by atomic mass is 15.0. The molecule has 0 saturated carbocycles. The van der Waals surface area contributed by atoms with Crippen LogP contribution in [0.5, 0.6) is 0 Å². The van der Waals surface area contributed by atoms with Crippen molar-refractivity contribution in [2.45, 2.75) is 6.92 Å². The van der Waals surface area contributed by atoms with Crippen LogP contribution >= 0.6 is 0 Å². The fraction of sp³-hybridized carbons (Fsp3) is 0.0172. The Kier molecular flexibility index (Phi) is 10.3. The molecule has 0 fully saturated rings. The zero-order valence-electron chi connectivity index (χ0n) is 35.4. The van der Waals surface area contributed by atoms with Gasteiger partial charge in [-0.1, -0.05) is 182 Å². The number of hydrogen-bond donors (Lipinski definition) is 0. The Bertz CT molecular complexity index is 3440. The molecule has 3 aromatic heterocycles. The van der Waals surface area contributed by atoms with Gasteiger partial charge < -0.3 is 0 Å². The van der Waals surface area contributed by atoms with Crippen molar-refractivity contribution < 1.29 is 0 Å². The number of nitrogens with zero attached hydrogens (tertiary/aromatic N) is 7. The molecule has 0 N–H and O–H groups in total. The van der Waals surface area contributed by atoms with Crippen molar-refractivity contribution in [1.29, 1.82) is 0 Å². The number of aromatic nitrogens is 7. The molecule has 0 radical (unpaired) electrons. The molecular weight excluding hydrogens is 795 g/mol. The molecule has 0 unspecified atom stereocenters. The Morgan fingerprint density at radius 2 is 0.662 bits per heavy atom. The van der Waals surface area contributed by atoms with Gasteiger partial charge in [0.15, 0.2) is 34.9 Å². The topological polar surface area (TPSA) is 90.2 Å². The van der Waals surface area contributed by atoms with Crippen LogP contribution in [0.4, 0.5) is 0 Å². The van der Waals surface area contributed by atoms with Gasteiger partial charge in [-0.05, 0) is 76.3 Å². The van der Waals surface area contributed by atoms with E-state index in [4.69, 9.17) is 34.9 Å². The molecule has 306 valence electrons. The van der Waals surface area contributed by atoms with Gasteiger partial charge in [0.2, 0.25) is 0 Å². The quantitative estimate of drug-likeness (QED) is 0.143. The maximum atomic E-state index is 5.26. The number of hydrogen-bond acceptors (Lipinski definition) is 7. The summed E-state index contributed by atoms with van der Waals surface area (Å²) in [4.78, 5) is 35.5. The predicted octanol–water partition coefficient (Wildman–Crippen LogP) is 13.9. The van der Waals surface area contributed by atoms with E-state index in [9.17, 15) is 0 Å². The highest BCUT2D eigenvalue weighted by Gasteiger charge is 2.19. The normalized spacial score (nSPS) is 11.2. The summed E-state index contributed by atoms with van der Waals surface area (Å²) in [6.07, 6.45) is 0. The Balaban J connectivity index is 1.08. The van der Waals surface area contributed by atoms with E-state index in [1.807, 2.05) is 110 Å². The second-order valence-corrected chi connectivity index (χ2v) is 15.8. The first-order valence-electron chi connectivity index (χ1n) is 21.6. The Morgan fingerprint density at radius 1 is 0.246 bits per heavy atom. The molecule has 0 saturated heterocycles. The minimum Gasteiger partial charge on any atom is -0.253 e. The zero-order valence-corrected chi connectivity index (χ0v) is 35.4. The van der Waals surface area contributed by atoms with Crippen LogP contribution < -0.4 is 0 Å². The van der Waals surface area contributed by atoms with Crippen LogP contribution in [0.15, 0.2) is 218 Å². The van der Waals surface area contributed by atoms with Crippen LogP contribution in [0, 0.1) is 6.92 Å². The average Bonchev–Trinajstić information content (AvgIpc) is 3.39. The molecule has 0 spiro atoms. The third-order valence-corrected chi connectivity index (χ3v) is 11.4. The average molecular weight is 834 g/mol. The molecule has 0 aliphatic rings. The lowest BCUT2D eigenvalue weighted by Gasteiger charge is -2.15. The van der Waals surface area contributed by atoms with Crippen LogP contribution in [0.1, 0.15) is 5.69 Å². The van der Waals surface area contributed by atoms with Gasteiger partial charge in [0.25, 0.3) is 0 Å². The van der Waals surface area contributed by atoms with E-state index in [1.165, 1.54) is 0 Å². The fourth-order valence-corrected chi connectivity index (χ4v) is 8.26. The van der Waals surface area contributed by atoms with E-state index in [1.54, 1.807) is 0 Å². The maximum Gasteiger partial charge on any atom is 0.164 e. The van der Waals surface area contributed by atoms with Gasteiger partial charge in [-0.25, -0.2) is 29.9 Å². The molecule has 8 aromatic carbocycles. The van der Waals surface area contributed by atoms with Crippen molar-refractivity contribution >= 4 is 10.8 Å². The summed E-state index contributed by atoms with van der Waals surface area (Å²) >= 11 is 0. The van der Waals surface area contributed by atoms with Gasteiger partial charge in [0.05, 0.1) is 5.69 Å². The first-order valence-corrected chi connectivity index (χ1v) is 21.6. The van der Waals surface area contributed by atoms with Crippen molar-refractivity contribution in [1.82, 2.24) is 34.9 Å². The Morgan fingerprint density at radius 3 is 1.32 bits per heavy atom. The Hall–Kier alpha value is -8.81. The minimum atomic E-state index is 0.582. The molecule has 0 amide bonds. The lowest BCUT2D eigenvalue weighted by atomic mass is 9.92. The second-order valence-electron chi connectivity index (χ2n) is 15.8. The second kappa shape index (κ2) is 17.2. The molecule has 11 aromatic rings. The standard InChI is InChI=1S/C58H39N7/c1-38-18-15-33-52(59-38)47-36-45(43-27-16-28-44(34-43)56-61-53(40-20-5-2-6-21-40)60-54(62-56)41-22-7-3-8-23-41)35-46(37-47)49-30-13-14-31-50(49)57-63-55(42-24-9-4-10-25-42)64-58(65-57)51-32-17-26-39-19-11-12-29-48(39)51/h2-37H,1H3. The molecule has 0 atom stereocenters. The van der Waals surface area contributed by atoms with E-state index in [2.05, 4.69) is 115 Å². The lowest BCUT2D eigenvalue weighted by molar-refractivity contribution is 1.07. The highest BCUT2D eigenvalue weighted by molar-refractivity contribution is 5.96. The van der Waals surface area contributed by atoms with Gasteiger partial charge in [-0.2, -0.15) is 0 Å². The molecule has 7 heteroatoms. The summed E-state index contributed by atoms with van der Waals surface area (Å²) < 4.78 is 0. The number of aryl methyl sites for hydroxylation is 1. The minimum absolute atomic E-state index is 0.582. The molecular formula is C58H39N7. The zero-order chi connectivity index (χ0) is 43.5. The van der Waals surface area contributed by atoms with Crippen molar-refractivity contribution in [3.63, 3.8) is 0 Å². The van der Waals surface area contributed by atoms with Crippen molar-refractivity contribution in [3.8, 4) is 102 Å². The van der Waals surface area contributed by atoms with Crippen LogP contribution in [-0.4, -0.2) is 34.9 Å². The highest BCUT2D eigenvalue weighted by Crippen LogP contribution is 2.39. The molecule has 0 aliphatic carbocycles. The summed E-state index contributed by atoms with van der Waals surface area (Å²) in [7, 11) is 0. The predicted molar refractivity (Wildman–Crippen MR) is 262 cm³/mol. The van der Waals surface area contributed by atoms with Crippen molar-refractivity contribution in [2.24, 2.45) is 0 Å². The Labute approximate surface area is 377 Å². The molecule has 0 aliphatic heterocycles. The van der Waals surface area contributed by atoms with Gasteiger partial charge >= 0.3 is 0 Å². The van der Waals surface area contributed by atoms with Gasteiger partial charge in [0, 0.05) is 44.6 Å². The summed E-state index contributed by atoms with van der Waals surface area (Å²) in [5.41, 5.74) is 12.2. The van der Waals surface area contributed by atoms with Crippen LogP contribution in [0.25, 0.3) is 113 Å². The summed E-state index contributed by atoms with van der Waals surface area (Å²) in [5, 5.41) is 2.20. The first-order chi connectivity index (χ1) is 32.1. The molecule has 0 bridgehead atoms. The van der Waals surface area contributed by atoms with Crippen LogP contribution in [-0.2, 0) is 0 Å². The number of rotatable bonds is 9. The SMILES string of the molecule is Cc1cccc(-c2cc(-c3cccc(-c4nc(-c5ccccc5)nc(-c5ccccc5)n4)c3)cc(-c3ccccc3-c3nc(-c4ccccc4)nc(-c4cccc5ccccc45)n3)c2)n1. The van der Waals surface area contributed by atoms with E-state index in [0.717, 1.165) is 83.4 Å². The van der Waals surface area contributed by atoms with Crippen LogP contribution in [0.2, 0.25) is 0 Å². The number of benzene rings is 8. The number of pyridine rings is 1. The van der Waals surface area contributed by atoms with E-state index in [-0.39, 0.29) is 0 Å².